The number of likely N-dealkylation sites (tertiary alicyclic amines) is 1. The monoisotopic (exact) mass is 325 g/mol. The molecule has 2 rings (SSSR count). The molecule has 1 amide bonds. The maximum atomic E-state index is 12.0. The normalized spacial score (nSPS) is 24.5. The van der Waals surface area contributed by atoms with Gasteiger partial charge < -0.3 is 19.1 Å². The SMILES string of the molecule is CC(C)(C)OC(=O)N1CCC(/C=C/CCCC2(C)OCCO2)C1. The van der Waals surface area contributed by atoms with Crippen molar-refractivity contribution in [2.75, 3.05) is 26.3 Å². The Morgan fingerprint density at radius 2 is 2.04 bits per heavy atom. The van der Waals surface area contributed by atoms with Gasteiger partial charge in [0.05, 0.1) is 13.2 Å². The van der Waals surface area contributed by atoms with Gasteiger partial charge in [-0.2, -0.15) is 0 Å². The third-order valence-corrected chi connectivity index (χ3v) is 4.18. The fourth-order valence-electron chi connectivity index (χ4n) is 2.97. The van der Waals surface area contributed by atoms with Crippen LogP contribution in [0.1, 0.15) is 53.4 Å². The molecule has 2 fully saturated rings. The second-order valence-corrected chi connectivity index (χ2v) is 7.63. The highest BCUT2D eigenvalue weighted by molar-refractivity contribution is 5.68. The Hall–Kier alpha value is -1.07. The topological polar surface area (TPSA) is 48.0 Å². The largest absolute Gasteiger partial charge is 0.444 e. The van der Waals surface area contributed by atoms with Crippen LogP contribution in [0.4, 0.5) is 4.79 Å². The lowest BCUT2D eigenvalue weighted by Gasteiger charge is -2.24. The van der Waals surface area contributed by atoms with Crippen molar-refractivity contribution in [2.45, 2.75) is 64.8 Å². The van der Waals surface area contributed by atoms with E-state index in [1.807, 2.05) is 32.6 Å². The highest BCUT2D eigenvalue weighted by atomic mass is 16.7. The van der Waals surface area contributed by atoms with E-state index in [4.69, 9.17) is 14.2 Å². The van der Waals surface area contributed by atoms with Crippen LogP contribution in [0.25, 0.3) is 0 Å². The molecule has 1 atom stereocenters. The fourth-order valence-corrected chi connectivity index (χ4v) is 2.97. The van der Waals surface area contributed by atoms with Gasteiger partial charge in [0.15, 0.2) is 5.79 Å². The summed E-state index contributed by atoms with van der Waals surface area (Å²) in [5.41, 5.74) is -0.425. The lowest BCUT2D eigenvalue weighted by molar-refractivity contribution is -0.147. The number of rotatable bonds is 5. The molecule has 0 N–H and O–H groups in total. The Morgan fingerprint density at radius 3 is 2.70 bits per heavy atom. The molecule has 2 heterocycles. The fraction of sp³-hybridized carbons (Fsp3) is 0.833. The van der Waals surface area contributed by atoms with Gasteiger partial charge in [-0.05, 0) is 52.9 Å². The van der Waals surface area contributed by atoms with Crippen molar-refractivity contribution in [1.82, 2.24) is 4.90 Å². The Kier molecular flexibility index (Phi) is 6.09. The van der Waals surface area contributed by atoms with Crippen LogP contribution in [0, 0.1) is 5.92 Å². The Bertz CT molecular complexity index is 421. The highest BCUT2D eigenvalue weighted by Crippen LogP contribution is 2.25. The Labute approximate surface area is 140 Å². The average molecular weight is 325 g/mol. The molecule has 2 aliphatic rings. The maximum absolute atomic E-state index is 12.0. The number of allylic oxidation sites excluding steroid dienone is 1. The van der Waals surface area contributed by atoms with E-state index in [0.29, 0.717) is 19.1 Å². The smallest absolute Gasteiger partial charge is 0.410 e. The second kappa shape index (κ2) is 7.67. The first kappa shape index (κ1) is 18.3. The molecule has 0 spiro atoms. The first-order chi connectivity index (χ1) is 10.8. The van der Waals surface area contributed by atoms with E-state index < -0.39 is 5.60 Å². The van der Waals surface area contributed by atoms with Crippen LogP contribution in [-0.2, 0) is 14.2 Å². The molecule has 0 aromatic carbocycles. The van der Waals surface area contributed by atoms with Crippen molar-refractivity contribution in [3.8, 4) is 0 Å². The van der Waals surface area contributed by atoms with Crippen molar-refractivity contribution < 1.29 is 19.0 Å². The third kappa shape index (κ3) is 6.15. The van der Waals surface area contributed by atoms with Gasteiger partial charge in [0, 0.05) is 19.5 Å². The van der Waals surface area contributed by atoms with Crippen LogP contribution in [0.2, 0.25) is 0 Å². The molecule has 23 heavy (non-hydrogen) atoms. The van der Waals surface area contributed by atoms with Gasteiger partial charge in [-0.15, -0.1) is 0 Å². The maximum Gasteiger partial charge on any atom is 0.410 e. The minimum Gasteiger partial charge on any atom is -0.444 e. The minimum absolute atomic E-state index is 0.197. The van der Waals surface area contributed by atoms with Crippen LogP contribution >= 0.6 is 0 Å². The zero-order valence-electron chi connectivity index (χ0n) is 15.0. The molecule has 0 radical (unpaired) electrons. The van der Waals surface area contributed by atoms with Crippen LogP contribution in [-0.4, -0.2) is 48.7 Å². The van der Waals surface area contributed by atoms with Crippen LogP contribution in [0.3, 0.4) is 0 Å². The quantitative estimate of drug-likeness (QED) is 0.571. The molecule has 1 unspecified atom stereocenters. The van der Waals surface area contributed by atoms with E-state index in [1.165, 1.54) is 0 Å². The van der Waals surface area contributed by atoms with E-state index in [0.717, 1.165) is 38.8 Å². The van der Waals surface area contributed by atoms with E-state index in [1.54, 1.807) is 0 Å². The first-order valence-corrected chi connectivity index (χ1v) is 8.70. The average Bonchev–Trinajstić information content (AvgIpc) is 3.06. The third-order valence-electron chi connectivity index (χ3n) is 4.18. The summed E-state index contributed by atoms with van der Waals surface area (Å²) in [6.07, 6.45) is 8.27. The molecule has 0 aliphatic carbocycles. The molecule has 0 aromatic heterocycles. The lowest BCUT2D eigenvalue weighted by Crippen LogP contribution is -2.35. The second-order valence-electron chi connectivity index (χ2n) is 7.63. The van der Waals surface area contributed by atoms with Crippen molar-refractivity contribution in [3.63, 3.8) is 0 Å². The molecule has 2 saturated heterocycles. The summed E-state index contributed by atoms with van der Waals surface area (Å²) in [4.78, 5) is 13.8. The number of hydrogen-bond donors (Lipinski definition) is 0. The summed E-state index contributed by atoms with van der Waals surface area (Å²) in [5.74, 6) is 0.0615. The Morgan fingerprint density at radius 1 is 1.35 bits per heavy atom. The molecule has 132 valence electrons. The molecule has 0 saturated carbocycles. The number of hydrogen-bond acceptors (Lipinski definition) is 4. The lowest BCUT2D eigenvalue weighted by atomic mass is 10.1. The summed E-state index contributed by atoms with van der Waals surface area (Å²) < 4.78 is 16.6. The predicted octanol–water partition coefficient (Wildman–Crippen LogP) is 3.73. The van der Waals surface area contributed by atoms with E-state index in [9.17, 15) is 4.79 Å². The zero-order chi connectivity index (χ0) is 16.9. The van der Waals surface area contributed by atoms with Crippen molar-refractivity contribution in [2.24, 2.45) is 5.92 Å². The van der Waals surface area contributed by atoms with Crippen molar-refractivity contribution in [1.29, 1.82) is 0 Å². The number of ether oxygens (including phenoxy) is 3. The van der Waals surface area contributed by atoms with Gasteiger partial charge in [-0.3, -0.25) is 0 Å². The molecule has 0 aromatic rings. The molecule has 5 nitrogen and oxygen atoms in total. The molecule has 2 aliphatic heterocycles. The summed E-state index contributed by atoms with van der Waals surface area (Å²) >= 11 is 0. The standard InChI is InChI=1S/C18H31NO4/c1-17(2,3)23-16(20)19-11-9-15(14-19)8-6-5-7-10-18(4)21-12-13-22-18/h6,8,15H,5,7,9-14H2,1-4H3/b8-6+. The summed E-state index contributed by atoms with van der Waals surface area (Å²) in [5, 5.41) is 0. The van der Waals surface area contributed by atoms with Crippen LogP contribution in [0.5, 0.6) is 0 Å². The molecular formula is C18H31NO4. The Balaban J connectivity index is 1.64. The zero-order valence-corrected chi connectivity index (χ0v) is 15.0. The molecule has 5 heteroatoms. The highest BCUT2D eigenvalue weighted by Gasteiger charge is 2.30. The van der Waals surface area contributed by atoms with Gasteiger partial charge in [0.25, 0.3) is 0 Å². The van der Waals surface area contributed by atoms with E-state index >= 15 is 0 Å². The first-order valence-electron chi connectivity index (χ1n) is 8.70. The number of amides is 1. The van der Waals surface area contributed by atoms with Crippen molar-refractivity contribution in [3.05, 3.63) is 12.2 Å². The van der Waals surface area contributed by atoms with Crippen molar-refractivity contribution >= 4 is 6.09 Å². The number of nitrogens with zero attached hydrogens (tertiary/aromatic N) is 1. The van der Waals surface area contributed by atoms with Gasteiger partial charge in [0.2, 0.25) is 0 Å². The summed E-state index contributed by atoms with van der Waals surface area (Å²) in [6, 6.07) is 0. The van der Waals surface area contributed by atoms with Gasteiger partial charge in [-0.25, -0.2) is 4.79 Å². The number of unbranched alkanes of at least 4 members (excludes halogenated alkanes) is 1. The molecule has 0 bridgehead atoms. The van der Waals surface area contributed by atoms with E-state index in [-0.39, 0.29) is 11.9 Å². The van der Waals surface area contributed by atoms with Crippen LogP contribution < -0.4 is 0 Å². The summed E-state index contributed by atoms with van der Waals surface area (Å²) in [6.45, 7) is 10.7. The minimum atomic E-state index is -0.425. The predicted molar refractivity (Wildman–Crippen MR) is 89.2 cm³/mol. The number of carbonyl (C=O) groups is 1. The van der Waals surface area contributed by atoms with Gasteiger partial charge in [-0.1, -0.05) is 12.2 Å². The number of carbonyl (C=O) groups excluding carboxylic acids is 1. The van der Waals surface area contributed by atoms with E-state index in [2.05, 4.69) is 12.2 Å². The van der Waals surface area contributed by atoms with Gasteiger partial charge >= 0.3 is 6.09 Å². The molecular weight excluding hydrogens is 294 g/mol. The van der Waals surface area contributed by atoms with Crippen LogP contribution in [0.15, 0.2) is 12.2 Å². The van der Waals surface area contributed by atoms with Gasteiger partial charge in [0.1, 0.15) is 5.60 Å². The summed E-state index contributed by atoms with van der Waals surface area (Å²) in [7, 11) is 0.